The lowest BCUT2D eigenvalue weighted by Gasteiger charge is -2.42. The molecule has 0 spiro atoms. The number of hydrogen-bond donors (Lipinski definition) is 2. The highest BCUT2D eigenvalue weighted by molar-refractivity contribution is 7.90. The number of rotatable bonds is 6. The van der Waals surface area contributed by atoms with Crippen molar-refractivity contribution in [2.24, 2.45) is 11.7 Å². The maximum atomic E-state index is 14.9. The molecule has 5 rings (SSSR count). The maximum Gasteiger partial charge on any atom is 0.407 e. The summed E-state index contributed by atoms with van der Waals surface area (Å²) < 4.78 is 59.7. The van der Waals surface area contributed by atoms with Crippen molar-refractivity contribution in [2.45, 2.75) is 30.3 Å². The Kier molecular flexibility index (Phi) is 7.62. The van der Waals surface area contributed by atoms with E-state index in [1.165, 1.54) is 17.7 Å². The number of ether oxygens (including phenoxy) is 1. The molecule has 0 saturated carbocycles. The first-order valence-electron chi connectivity index (χ1n) is 12.8. The molecule has 1 fully saturated rings. The fourth-order valence-corrected chi connectivity index (χ4v) is 5.83. The van der Waals surface area contributed by atoms with Crippen molar-refractivity contribution in [3.8, 4) is 11.3 Å². The number of anilines is 1. The fraction of sp³-hybridized carbons (Fsp3) is 0.333. The van der Waals surface area contributed by atoms with Gasteiger partial charge in [-0.1, -0.05) is 6.92 Å². The number of nitrogens with zero attached hydrogens (tertiary/aromatic N) is 5. The van der Waals surface area contributed by atoms with Crippen LogP contribution in [-0.2, 0) is 21.0 Å². The van der Waals surface area contributed by atoms with Crippen LogP contribution in [0.4, 0.5) is 19.3 Å². The van der Waals surface area contributed by atoms with Gasteiger partial charge in [-0.3, -0.25) is 4.98 Å². The summed E-state index contributed by atoms with van der Waals surface area (Å²) in [6.07, 6.45) is 5.66. The number of halogens is 2. The molecule has 0 aliphatic carbocycles. The number of piperidine rings is 1. The lowest BCUT2D eigenvalue weighted by molar-refractivity contribution is 0.156. The van der Waals surface area contributed by atoms with E-state index in [0.717, 1.165) is 29.6 Å². The predicted molar refractivity (Wildman–Crippen MR) is 147 cm³/mol. The molecule has 11 nitrogen and oxygen atoms in total. The maximum absolute atomic E-state index is 14.9. The number of hydrogen-bond acceptors (Lipinski definition) is 9. The van der Waals surface area contributed by atoms with Crippen LogP contribution in [0.25, 0.3) is 16.8 Å². The largest absolute Gasteiger partial charge is 0.453 e. The second kappa shape index (κ2) is 11.0. The van der Waals surface area contributed by atoms with Crippen molar-refractivity contribution in [3.63, 3.8) is 0 Å². The minimum Gasteiger partial charge on any atom is -0.453 e. The Bertz CT molecular complexity index is 1690. The van der Waals surface area contributed by atoms with Crippen molar-refractivity contribution in [2.75, 3.05) is 31.4 Å². The molecule has 216 valence electrons. The smallest absolute Gasteiger partial charge is 0.407 e. The van der Waals surface area contributed by atoms with E-state index in [2.05, 4.69) is 25.3 Å². The van der Waals surface area contributed by atoms with Crippen LogP contribution in [0.15, 0.2) is 53.8 Å². The summed E-state index contributed by atoms with van der Waals surface area (Å²) in [5.41, 5.74) is 8.32. The van der Waals surface area contributed by atoms with Crippen molar-refractivity contribution in [1.82, 2.24) is 24.9 Å². The van der Waals surface area contributed by atoms with Gasteiger partial charge in [0.05, 0.1) is 41.0 Å². The molecule has 1 aromatic carbocycles. The number of carbonyl (C=O) groups is 1. The molecule has 0 radical (unpaired) electrons. The molecule has 0 unspecified atom stereocenters. The third-order valence-corrected chi connectivity index (χ3v) is 8.30. The van der Waals surface area contributed by atoms with Crippen LogP contribution in [0.2, 0.25) is 0 Å². The van der Waals surface area contributed by atoms with Gasteiger partial charge in [0.25, 0.3) is 0 Å². The normalized spacial score (nSPS) is 19.4. The van der Waals surface area contributed by atoms with Gasteiger partial charge in [-0.2, -0.15) is 5.10 Å². The fourth-order valence-electron chi connectivity index (χ4n) is 5.20. The monoisotopic (exact) mass is 585 g/mol. The summed E-state index contributed by atoms with van der Waals surface area (Å²) in [6.45, 7) is 3.09. The highest BCUT2D eigenvalue weighted by atomic mass is 32.2. The van der Waals surface area contributed by atoms with E-state index in [1.54, 1.807) is 24.7 Å². The summed E-state index contributed by atoms with van der Waals surface area (Å²) in [4.78, 5) is 22.2. The second-order valence-corrected chi connectivity index (χ2v) is 12.2. The van der Waals surface area contributed by atoms with Gasteiger partial charge in [-0.05, 0) is 36.2 Å². The first-order chi connectivity index (χ1) is 19.5. The molecule has 4 aromatic rings. The van der Waals surface area contributed by atoms with Crippen LogP contribution in [-0.4, -0.2) is 72.6 Å². The molecule has 1 aliphatic heterocycles. The number of methoxy groups -OCH3 is 1. The molecule has 3 atom stereocenters. The van der Waals surface area contributed by atoms with Gasteiger partial charge in [-0.15, -0.1) is 0 Å². The van der Waals surface area contributed by atoms with Crippen LogP contribution in [0.1, 0.15) is 18.3 Å². The van der Waals surface area contributed by atoms with E-state index >= 15 is 0 Å². The summed E-state index contributed by atoms with van der Waals surface area (Å²) in [5.74, 6) is -1.55. The van der Waals surface area contributed by atoms with Crippen molar-refractivity contribution >= 4 is 27.1 Å². The van der Waals surface area contributed by atoms with Crippen LogP contribution in [0.3, 0.4) is 0 Å². The lowest BCUT2D eigenvalue weighted by atomic mass is 9.89. The number of nitrogens with two attached hydrogens (primary N) is 1. The third kappa shape index (κ3) is 5.70. The van der Waals surface area contributed by atoms with Gasteiger partial charge in [0.15, 0.2) is 9.84 Å². The van der Waals surface area contributed by atoms with E-state index in [1.807, 2.05) is 13.0 Å². The summed E-state index contributed by atoms with van der Waals surface area (Å²) in [6, 6.07) is 5.92. The third-order valence-electron chi connectivity index (χ3n) is 7.21. The first-order valence-corrected chi connectivity index (χ1v) is 14.7. The average molecular weight is 586 g/mol. The first kappa shape index (κ1) is 28.4. The number of sulfone groups is 1. The van der Waals surface area contributed by atoms with E-state index < -0.39 is 38.0 Å². The van der Waals surface area contributed by atoms with Crippen molar-refractivity contribution < 1.29 is 26.7 Å². The van der Waals surface area contributed by atoms with Gasteiger partial charge >= 0.3 is 6.09 Å². The molecule has 1 saturated heterocycles. The van der Waals surface area contributed by atoms with Crippen molar-refractivity contribution in [3.05, 3.63) is 71.9 Å². The average Bonchev–Trinajstić information content (AvgIpc) is 3.31. The molecule has 4 heterocycles. The zero-order chi connectivity index (χ0) is 29.5. The summed E-state index contributed by atoms with van der Waals surface area (Å²) in [5, 5.41) is 7.26. The molecule has 3 N–H and O–H groups in total. The van der Waals surface area contributed by atoms with Crippen LogP contribution >= 0.6 is 0 Å². The SMILES string of the molecule is COC(=O)N[C@@H]1[C@H](N)CN(c2ccncc2Cc2ncc3ccc(-c4c(F)cc(S(C)(=O)=O)cc4F)nn23)C[C@@H]1C. The van der Waals surface area contributed by atoms with E-state index in [4.69, 9.17) is 10.5 Å². The van der Waals surface area contributed by atoms with Crippen LogP contribution in [0, 0.1) is 17.6 Å². The van der Waals surface area contributed by atoms with Gasteiger partial charge < -0.3 is 20.7 Å². The predicted octanol–water partition coefficient (Wildman–Crippen LogP) is 2.57. The topological polar surface area (TPSA) is 145 Å². The zero-order valence-electron chi connectivity index (χ0n) is 22.6. The molecular weight excluding hydrogens is 556 g/mol. The highest BCUT2D eigenvalue weighted by Crippen LogP contribution is 2.30. The highest BCUT2D eigenvalue weighted by Gasteiger charge is 2.34. The quantitative estimate of drug-likeness (QED) is 0.349. The minimum atomic E-state index is -3.80. The number of nitrogens with one attached hydrogen (secondary N) is 1. The van der Waals surface area contributed by atoms with Crippen LogP contribution < -0.4 is 16.0 Å². The van der Waals surface area contributed by atoms with Gasteiger partial charge in [0.1, 0.15) is 17.5 Å². The number of pyridine rings is 1. The molecule has 0 bridgehead atoms. The zero-order valence-corrected chi connectivity index (χ0v) is 23.4. The van der Waals surface area contributed by atoms with Gasteiger partial charge in [-0.25, -0.2) is 31.5 Å². The Morgan fingerprint density at radius 1 is 1.17 bits per heavy atom. The van der Waals surface area contributed by atoms with Crippen molar-refractivity contribution in [1.29, 1.82) is 0 Å². The molecule has 41 heavy (non-hydrogen) atoms. The van der Waals surface area contributed by atoms with Gasteiger partial charge in [0.2, 0.25) is 0 Å². The Morgan fingerprint density at radius 2 is 1.90 bits per heavy atom. The standard InChI is InChI=1S/C27H29F2N7O4S/c1-15-13-35(14-21(30)26(15)33-27(37)40-2)23-6-7-31-11-16(23)8-24-32-12-17-4-5-22(34-36(17)24)25-19(28)9-18(10-20(25)29)41(3,38)39/h4-7,9-12,15,21,26H,8,13-14,30H2,1-3H3,(H,33,37)/t15-,21+,26-/m0/s1. The second-order valence-electron chi connectivity index (χ2n) is 10.2. The Balaban J connectivity index is 1.45. The van der Waals surface area contributed by atoms with E-state index in [-0.39, 0.29) is 23.7 Å². The summed E-state index contributed by atoms with van der Waals surface area (Å²) >= 11 is 0. The number of amides is 1. The Hall–Kier alpha value is -4.17. The Morgan fingerprint density at radius 3 is 2.56 bits per heavy atom. The minimum absolute atomic E-state index is 0.0156. The van der Waals surface area contributed by atoms with E-state index in [9.17, 15) is 22.0 Å². The molecule has 14 heteroatoms. The molecule has 3 aromatic heterocycles. The van der Waals surface area contributed by atoms with E-state index in [0.29, 0.717) is 30.9 Å². The number of aromatic nitrogens is 4. The summed E-state index contributed by atoms with van der Waals surface area (Å²) in [7, 11) is -2.49. The number of fused-ring (bicyclic) bond motifs is 1. The molecular formula is C27H29F2N7O4S. The molecule has 1 amide bonds. The van der Waals surface area contributed by atoms with Crippen LogP contribution in [0.5, 0.6) is 0 Å². The molecule has 1 aliphatic rings. The van der Waals surface area contributed by atoms with Gasteiger partial charge in [0, 0.05) is 55.5 Å². The number of carbonyl (C=O) groups excluding carboxylic acids is 1. The lowest BCUT2D eigenvalue weighted by Crippen LogP contribution is -2.62. The number of benzene rings is 1. The Labute approximate surface area is 235 Å². The number of alkyl carbamates (subject to hydrolysis) is 1. The number of imidazole rings is 1.